The molecule has 1 aliphatic rings. The number of allylic oxidation sites excluding steroid dienone is 2. The quantitative estimate of drug-likeness (QED) is 0.170. The lowest BCUT2D eigenvalue weighted by Crippen LogP contribution is -2.33. The molecule has 1 aliphatic carbocycles. The van der Waals surface area contributed by atoms with Crippen LogP contribution in [0.4, 0.5) is 19.3 Å². The Hall–Kier alpha value is -3.75. The highest BCUT2D eigenvalue weighted by atomic mass is 35.5. The molecule has 3 aromatic rings. The molecule has 34 heavy (non-hydrogen) atoms. The van der Waals surface area contributed by atoms with E-state index in [-0.39, 0.29) is 12.5 Å². The molecule has 6 nitrogen and oxygen atoms in total. The van der Waals surface area contributed by atoms with Gasteiger partial charge in [0.15, 0.2) is 6.23 Å². The highest BCUT2D eigenvalue weighted by Gasteiger charge is 2.21. The van der Waals surface area contributed by atoms with Crippen LogP contribution in [0.15, 0.2) is 84.0 Å². The molecule has 3 N–H and O–H groups in total. The zero-order chi connectivity index (χ0) is 24.1. The minimum atomic E-state index is -1.84. The molecule has 0 fully saturated rings. The van der Waals surface area contributed by atoms with Crippen LogP contribution in [0.3, 0.4) is 0 Å². The molecule has 0 saturated carbocycles. The van der Waals surface area contributed by atoms with E-state index >= 15 is 0 Å². The van der Waals surface area contributed by atoms with Gasteiger partial charge in [-0.3, -0.25) is 0 Å². The zero-order valence-electron chi connectivity index (χ0n) is 17.7. The van der Waals surface area contributed by atoms with Crippen molar-refractivity contribution in [2.45, 2.75) is 12.8 Å². The summed E-state index contributed by atoms with van der Waals surface area (Å²) in [6, 6.07) is 16.4. The fourth-order valence-corrected chi connectivity index (χ4v) is 3.29. The van der Waals surface area contributed by atoms with Gasteiger partial charge in [0.05, 0.1) is 11.3 Å². The summed E-state index contributed by atoms with van der Waals surface area (Å²) in [7, 11) is 0. The molecule has 2 amide bonds. The van der Waals surface area contributed by atoms with Crippen LogP contribution in [0, 0.1) is 17.6 Å². The molecule has 0 saturated heterocycles. The minimum absolute atomic E-state index is 0.138. The first-order valence-corrected chi connectivity index (χ1v) is 10.7. The number of hydrogen-bond acceptors (Lipinski definition) is 4. The smallest absolute Gasteiger partial charge is 0.321 e. The molecule has 0 bridgehead atoms. The van der Waals surface area contributed by atoms with Crippen molar-refractivity contribution < 1.29 is 23.5 Å². The van der Waals surface area contributed by atoms with Crippen LogP contribution >= 0.6 is 11.6 Å². The third-order valence-corrected chi connectivity index (χ3v) is 5.24. The predicted molar refractivity (Wildman–Crippen MR) is 125 cm³/mol. The first-order chi connectivity index (χ1) is 16.4. The van der Waals surface area contributed by atoms with E-state index < -0.39 is 29.5 Å². The number of urea groups is 1. The fourth-order valence-electron chi connectivity index (χ4n) is 3.16. The van der Waals surface area contributed by atoms with Crippen molar-refractivity contribution in [3.63, 3.8) is 0 Å². The van der Waals surface area contributed by atoms with Crippen LogP contribution < -0.4 is 10.6 Å². The summed E-state index contributed by atoms with van der Waals surface area (Å²) in [6.45, 7) is 0.210. The summed E-state index contributed by atoms with van der Waals surface area (Å²) in [5.74, 6) is -1.78. The molecule has 9 heteroatoms. The summed E-state index contributed by atoms with van der Waals surface area (Å²) in [6.07, 6.45) is 2.18. The number of carbonyl (C=O) groups excluding carboxylic acids is 1. The molecule has 0 spiro atoms. The number of anilines is 1. The number of hydrogen-bond donors (Lipinski definition) is 3. The van der Waals surface area contributed by atoms with Crippen LogP contribution in [-0.2, 0) is 11.4 Å². The van der Waals surface area contributed by atoms with Crippen molar-refractivity contribution in [2.24, 2.45) is 11.1 Å². The van der Waals surface area contributed by atoms with Crippen molar-refractivity contribution >= 4 is 29.0 Å². The first-order valence-electron chi connectivity index (χ1n) is 10.3. The van der Waals surface area contributed by atoms with Gasteiger partial charge in [-0.05, 0) is 42.0 Å². The van der Waals surface area contributed by atoms with E-state index in [0.717, 1.165) is 29.0 Å². The average molecular weight is 484 g/mol. The normalized spacial score (nSPS) is 13.9. The number of aliphatic hydroxyl groups excluding tert-OH is 1. The summed E-state index contributed by atoms with van der Waals surface area (Å²) in [5.41, 5.74) is 2.29. The SMILES string of the molecule is O=C(Nc1ccc(CO/N=C(\c2ccc(Cl)cc2)C2C=C2)cc1)NC(O)c1c(F)cccc1F. The van der Waals surface area contributed by atoms with Crippen LogP contribution in [0.2, 0.25) is 5.02 Å². The third kappa shape index (κ3) is 5.98. The van der Waals surface area contributed by atoms with Crippen LogP contribution in [0.1, 0.15) is 22.9 Å². The van der Waals surface area contributed by atoms with E-state index in [1.165, 1.54) is 6.07 Å². The van der Waals surface area contributed by atoms with Gasteiger partial charge in [-0.2, -0.15) is 0 Å². The second kappa shape index (κ2) is 10.5. The standard InChI is InChI=1S/C25H20ClF2N3O3/c26-18-10-8-17(9-11-18)23(16-6-7-16)31-34-14-15-4-12-19(13-5-15)29-25(33)30-24(32)22-20(27)2-1-3-21(22)28/h1-13,16,24,32H,14H2,(H2,29,30,33)/b31-23-. The number of rotatable bonds is 8. The number of benzene rings is 3. The van der Waals surface area contributed by atoms with Crippen LogP contribution in [0.5, 0.6) is 0 Å². The van der Waals surface area contributed by atoms with E-state index in [9.17, 15) is 18.7 Å². The maximum atomic E-state index is 13.7. The van der Waals surface area contributed by atoms with Gasteiger partial charge in [0, 0.05) is 22.2 Å². The molecule has 0 radical (unpaired) electrons. The second-order valence-electron chi connectivity index (χ2n) is 7.50. The Bertz CT molecular complexity index is 1200. The van der Waals surface area contributed by atoms with Crippen LogP contribution in [-0.4, -0.2) is 16.8 Å². The molecule has 1 unspecified atom stereocenters. The summed E-state index contributed by atoms with van der Waals surface area (Å²) >= 11 is 5.95. The summed E-state index contributed by atoms with van der Waals surface area (Å²) in [4.78, 5) is 17.6. The van der Waals surface area contributed by atoms with Gasteiger partial charge in [0.25, 0.3) is 0 Å². The maximum Gasteiger partial charge on any atom is 0.321 e. The molecule has 4 rings (SSSR count). The number of halogens is 3. The number of nitrogens with one attached hydrogen (secondary N) is 2. The summed E-state index contributed by atoms with van der Waals surface area (Å²) in [5, 5.41) is 19.5. The zero-order valence-corrected chi connectivity index (χ0v) is 18.5. The first kappa shape index (κ1) is 23.4. The van der Waals surface area contributed by atoms with E-state index in [0.29, 0.717) is 10.7 Å². The molecule has 174 valence electrons. The molecular weight excluding hydrogens is 464 g/mol. The van der Waals surface area contributed by atoms with Gasteiger partial charge in [0.2, 0.25) is 0 Å². The van der Waals surface area contributed by atoms with Crippen molar-refractivity contribution in [3.8, 4) is 0 Å². The van der Waals surface area contributed by atoms with E-state index in [2.05, 4.69) is 15.8 Å². The second-order valence-corrected chi connectivity index (χ2v) is 7.94. The fraction of sp³-hybridized carbons (Fsp3) is 0.120. The number of oxime groups is 1. The van der Waals surface area contributed by atoms with Gasteiger partial charge in [-0.25, -0.2) is 13.6 Å². The lowest BCUT2D eigenvalue weighted by Gasteiger charge is -2.15. The minimum Gasteiger partial charge on any atom is -0.391 e. The Labute approximate surface area is 199 Å². The predicted octanol–water partition coefficient (Wildman–Crippen LogP) is 5.54. The van der Waals surface area contributed by atoms with Crippen molar-refractivity contribution in [1.82, 2.24) is 5.32 Å². The number of carbonyl (C=O) groups is 1. The molecule has 0 aromatic heterocycles. The van der Waals surface area contributed by atoms with E-state index in [1.54, 1.807) is 36.4 Å². The molecule has 1 atom stereocenters. The molecular formula is C25H20ClF2N3O3. The van der Waals surface area contributed by atoms with Crippen molar-refractivity contribution in [1.29, 1.82) is 0 Å². The Kier molecular flexibility index (Phi) is 7.20. The van der Waals surface area contributed by atoms with Crippen LogP contribution in [0.25, 0.3) is 0 Å². The van der Waals surface area contributed by atoms with Gasteiger partial charge >= 0.3 is 6.03 Å². The number of amides is 2. The average Bonchev–Trinajstić information content (AvgIpc) is 3.64. The lowest BCUT2D eigenvalue weighted by atomic mass is 10.1. The third-order valence-electron chi connectivity index (χ3n) is 4.99. The molecule has 0 heterocycles. The van der Waals surface area contributed by atoms with Gasteiger partial charge in [0.1, 0.15) is 18.2 Å². The molecule has 3 aromatic carbocycles. The van der Waals surface area contributed by atoms with Crippen molar-refractivity contribution in [2.75, 3.05) is 5.32 Å². The largest absolute Gasteiger partial charge is 0.391 e. The molecule has 0 aliphatic heterocycles. The van der Waals surface area contributed by atoms with Gasteiger partial charge < -0.3 is 20.6 Å². The number of aliphatic hydroxyl groups is 1. The highest BCUT2D eigenvalue weighted by Crippen LogP contribution is 2.24. The topological polar surface area (TPSA) is 83.0 Å². The summed E-state index contributed by atoms with van der Waals surface area (Å²) < 4.78 is 27.5. The Morgan fingerprint density at radius 1 is 1.03 bits per heavy atom. The monoisotopic (exact) mass is 483 g/mol. The number of nitrogens with zero attached hydrogens (tertiary/aromatic N) is 1. The van der Waals surface area contributed by atoms with Gasteiger partial charge in [-0.1, -0.05) is 59.2 Å². The highest BCUT2D eigenvalue weighted by molar-refractivity contribution is 6.30. The van der Waals surface area contributed by atoms with E-state index in [1.807, 2.05) is 24.3 Å². The van der Waals surface area contributed by atoms with E-state index in [4.69, 9.17) is 16.4 Å². The van der Waals surface area contributed by atoms with Crippen molar-refractivity contribution in [3.05, 3.63) is 112 Å². The Morgan fingerprint density at radius 3 is 2.29 bits per heavy atom. The maximum absolute atomic E-state index is 13.7. The van der Waals surface area contributed by atoms with Gasteiger partial charge in [-0.15, -0.1) is 0 Å². The Morgan fingerprint density at radius 2 is 1.68 bits per heavy atom. The lowest BCUT2D eigenvalue weighted by molar-refractivity contribution is 0.130. The Balaban J connectivity index is 1.31.